The van der Waals surface area contributed by atoms with Gasteiger partial charge < -0.3 is 0 Å². The van der Waals surface area contributed by atoms with Crippen molar-refractivity contribution in [2.75, 3.05) is 12.3 Å². The summed E-state index contributed by atoms with van der Waals surface area (Å²) in [7, 11) is -5.01. The minimum Gasteiger partial charge on any atom is -0.0622 e. The van der Waals surface area contributed by atoms with Crippen LogP contribution < -0.4 is 21.2 Å². The number of rotatable bonds is 7. The molecule has 4 rings (SSSR count). The fraction of sp³-hybridized carbons (Fsp3) is 0.0769. The van der Waals surface area contributed by atoms with E-state index < -0.39 is 149 Å². The molecule has 0 N–H and O–H groups in total. The molecule has 0 atom stereocenters. The van der Waals surface area contributed by atoms with Crippen LogP contribution in [0.1, 0.15) is 27.4 Å². The minimum atomic E-state index is -2.51. The van der Waals surface area contributed by atoms with Crippen molar-refractivity contribution in [1.29, 1.82) is 0 Å². The van der Waals surface area contributed by atoms with Crippen molar-refractivity contribution >= 4 is 37.1 Å². The third kappa shape index (κ3) is 4.77. The molecule has 0 heterocycles. The van der Waals surface area contributed by atoms with Crippen LogP contribution in [0.3, 0.4) is 0 Å². The van der Waals surface area contributed by atoms with Crippen molar-refractivity contribution < 1.29 is 27.4 Å². The number of hydrogen-bond donors (Lipinski definition) is 0. The molecule has 0 fully saturated rings. The quantitative estimate of drug-likeness (QED) is 0.360. The van der Waals surface area contributed by atoms with E-state index in [4.69, 9.17) is 27.4 Å². The Morgan fingerprint density at radius 2 is 0.607 bits per heavy atom. The molecule has 0 aliphatic carbocycles. The highest BCUT2D eigenvalue weighted by Gasteiger charge is 2.18. The molecule has 0 nitrogen and oxygen atoms in total. The summed E-state index contributed by atoms with van der Waals surface area (Å²) in [6.07, 6.45) is -0.819. The van der Waals surface area contributed by atoms with Crippen LogP contribution in [0.2, 0.25) is 0 Å². The molecule has 2 heteroatoms. The Labute approximate surface area is 198 Å². The van der Waals surface area contributed by atoms with Crippen LogP contribution in [0.15, 0.2) is 121 Å². The second-order valence-electron chi connectivity index (χ2n) is 5.20. The first kappa shape index (κ1) is 6.63. The van der Waals surface area contributed by atoms with E-state index in [1.807, 2.05) is 0 Å². The summed E-state index contributed by atoms with van der Waals surface area (Å²) in [5.41, 5.74) is 0. The van der Waals surface area contributed by atoms with E-state index in [0.717, 1.165) is 0 Å². The Morgan fingerprint density at radius 1 is 0.393 bits per heavy atom. The molecule has 0 saturated heterocycles. The molecule has 0 bridgehead atoms. The lowest BCUT2D eigenvalue weighted by atomic mass is 10.4. The Hall–Kier alpha value is -2.26. The largest absolute Gasteiger partial charge is 0.0630 e. The van der Waals surface area contributed by atoms with Gasteiger partial charge in [-0.1, -0.05) is 121 Å². The highest BCUT2D eigenvalue weighted by atomic mass is 31.1. The van der Waals surface area contributed by atoms with Gasteiger partial charge in [-0.15, -0.1) is 0 Å². The van der Waals surface area contributed by atoms with Crippen molar-refractivity contribution in [1.82, 2.24) is 0 Å². The minimum absolute atomic E-state index is 0.383. The lowest BCUT2D eigenvalue weighted by Crippen LogP contribution is -2.19. The van der Waals surface area contributed by atoms with Crippen molar-refractivity contribution in [2.24, 2.45) is 0 Å². The van der Waals surface area contributed by atoms with Gasteiger partial charge >= 0.3 is 0 Å². The number of benzene rings is 4. The summed E-state index contributed by atoms with van der Waals surface area (Å²) in [4.78, 5) is 0. The van der Waals surface area contributed by atoms with Gasteiger partial charge in [-0.25, -0.2) is 0 Å². The topological polar surface area (TPSA) is 0 Å². The molecule has 0 aliphatic heterocycles. The highest BCUT2D eigenvalue weighted by Crippen LogP contribution is 2.41. The smallest absolute Gasteiger partial charge is 0.0622 e. The first-order chi connectivity index (χ1) is 22.2. The van der Waals surface area contributed by atoms with Crippen LogP contribution in [0.25, 0.3) is 0 Å². The first-order valence-electron chi connectivity index (χ1n) is 18.0. The Balaban J connectivity index is 2.12. The fourth-order valence-electron chi connectivity index (χ4n) is 2.38. The summed E-state index contributed by atoms with van der Waals surface area (Å²) < 4.78 is 167. The highest BCUT2D eigenvalue weighted by molar-refractivity contribution is 7.76. The third-order valence-corrected chi connectivity index (χ3v) is 8.32. The molecule has 0 radical (unpaired) electrons. The molecule has 0 aromatic heterocycles. The summed E-state index contributed by atoms with van der Waals surface area (Å²) in [6, 6.07) is -14.8. The molecule has 4 aromatic rings. The van der Waals surface area contributed by atoms with E-state index in [1.165, 1.54) is 0 Å². The normalized spacial score (nSPS) is 21.1. The summed E-state index contributed by atoms with van der Waals surface area (Å²) >= 11 is 0. The van der Waals surface area contributed by atoms with Crippen molar-refractivity contribution in [3.8, 4) is 0 Å². The SMILES string of the molecule is [2H]c1c([2H])c([2H])c(P(CCP(c2c([2H])c([2H])c([2H])c([2H])c2[2H])c2c([2H])c([2H])c([2H])c([2H])c2[2H])c2c([2H])c([2H])c([2H])c([2H])c2[2H])c([2H])c1[2H]. The summed E-state index contributed by atoms with van der Waals surface area (Å²) in [6.45, 7) is 0. The maximum absolute atomic E-state index is 8.65. The molecule has 138 valence electrons. The third-order valence-electron chi connectivity index (χ3n) is 3.57. The van der Waals surface area contributed by atoms with Gasteiger partial charge in [-0.3, -0.25) is 0 Å². The zero-order chi connectivity index (χ0) is 36.4. The van der Waals surface area contributed by atoms with Crippen LogP contribution in [0.4, 0.5) is 0 Å². The molecule has 4 aromatic carbocycles. The van der Waals surface area contributed by atoms with Gasteiger partial charge in [0.25, 0.3) is 0 Å². The van der Waals surface area contributed by atoms with E-state index in [9.17, 15) is 0 Å². The molecule has 0 amide bonds. The predicted octanol–water partition coefficient (Wildman–Crippen LogP) is 5.25. The van der Waals surface area contributed by atoms with E-state index in [0.29, 0.717) is 0 Å². The Kier molecular flexibility index (Phi) is 2.32. The zero-order valence-corrected chi connectivity index (χ0v) is 16.1. The van der Waals surface area contributed by atoms with Crippen LogP contribution >= 0.6 is 15.8 Å². The molecule has 28 heavy (non-hydrogen) atoms. The molecule has 0 aliphatic rings. The van der Waals surface area contributed by atoms with E-state index >= 15 is 0 Å². The van der Waals surface area contributed by atoms with Crippen LogP contribution in [0, 0.1) is 0 Å². The summed E-state index contributed by atoms with van der Waals surface area (Å²) in [5.74, 6) is 0. The second kappa shape index (κ2) is 9.79. The maximum Gasteiger partial charge on any atom is 0.0630 e. The molecule has 0 spiro atoms. The van der Waals surface area contributed by atoms with Crippen LogP contribution in [-0.2, 0) is 0 Å². The standard InChI is InChI=1S/C26H24P2/c1-5-13-23(14-6-1)27(24-15-7-2-8-16-24)21-22-28(25-17-9-3-10-18-25)26-19-11-4-12-20-26/h1-20H,21-22H2/i1D,2D,3D,4D,5D,6D,7D,8D,9D,10D,11D,12D,13D,14D,15D,16D,17D,18D,19D,20D. The monoisotopic (exact) mass is 418 g/mol. The van der Waals surface area contributed by atoms with Gasteiger partial charge in [-0.2, -0.15) is 0 Å². The van der Waals surface area contributed by atoms with E-state index in [2.05, 4.69) is 0 Å². The zero-order valence-electron chi connectivity index (χ0n) is 34.3. The Morgan fingerprint density at radius 3 is 0.821 bits per heavy atom. The van der Waals surface area contributed by atoms with Gasteiger partial charge in [-0.05, 0) is 49.4 Å². The first-order valence-corrected chi connectivity index (χ1v) is 11.1. The van der Waals surface area contributed by atoms with Crippen molar-refractivity contribution in [3.05, 3.63) is 121 Å². The fourth-order valence-corrected chi connectivity index (χ4v) is 6.85. The average molecular weight is 419 g/mol. The van der Waals surface area contributed by atoms with Gasteiger partial charge in [0.05, 0.1) is 27.4 Å². The maximum atomic E-state index is 8.65. The van der Waals surface area contributed by atoms with Crippen molar-refractivity contribution in [3.63, 3.8) is 0 Å². The van der Waals surface area contributed by atoms with Crippen LogP contribution in [0.5, 0.6) is 0 Å². The van der Waals surface area contributed by atoms with Crippen LogP contribution in [-0.4, -0.2) is 12.3 Å². The second-order valence-corrected chi connectivity index (χ2v) is 9.59. The van der Waals surface area contributed by atoms with Gasteiger partial charge in [0.1, 0.15) is 0 Å². The summed E-state index contributed by atoms with van der Waals surface area (Å²) in [5, 5.41) is -1.53. The average Bonchev–Trinajstić information content (AvgIpc) is 3.06. The Bertz CT molecular complexity index is 1610. The number of hydrogen-bond acceptors (Lipinski definition) is 0. The van der Waals surface area contributed by atoms with E-state index in [1.54, 1.807) is 0 Å². The van der Waals surface area contributed by atoms with Crippen molar-refractivity contribution in [2.45, 2.75) is 0 Å². The van der Waals surface area contributed by atoms with Gasteiger partial charge in [0.15, 0.2) is 0 Å². The lowest BCUT2D eigenvalue weighted by molar-refractivity contribution is 1.51. The molecule has 0 saturated carbocycles. The molecular formula is C26H24P2. The van der Waals surface area contributed by atoms with Gasteiger partial charge in [0.2, 0.25) is 0 Å². The van der Waals surface area contributed by atoms with Gasteiger partial charge in [0, 0.05) is 0 Å². The predicted molar refractivity (Wildman–Crippen MR) is 128 cm³/mol. The molecular weight excluding hydrogens is 374 g/mol. The molecule has 0 unspecified atom stereocenters. The lowest BCUT2D eigenvalue weighted by Gasteiger charge is -2.24. The van der Waals surface area contributed by atoms with E-state index in [-0.39, 0.29) is 21.2 Å².